The second-order valence-corrected chi connectivity index (χ2v) is 7.04. The van der Waals surface area contributed by atoms with Crippen LogP contribution in [0.15, 0.2) is 24.3 Å². The number of carbonyl (C=O) groups excluding carboxylic acids is 2. The summed E-state index contributed by atoms with van der Waals surface area (Å²) in [5.74, 6) is -1.71. The number of hydrogen-bond donors (Lipinski definition) is 3. The zero-order valence-electron chi connectivity index (χ0n) is 15.6. The topological polar surface area (TPSA) is 89.9 Å². The number of likely N-dealkylation sites (N-methyl/N-ethyl adjacent to an activating group) is 1. The van der Waals surface area contributed by atoms with Crippen molar-refractivity contribution in [2.45, 2.75) is 63.1 Å². The number of rotatable bonds is 6. The number of benzene rings is 1. The van der Waals surface area contributed by atoms with E-state index in [1.807, 2.05) is 0 Å². The molecule has 0 aromatic heterocycles. The highest BCUT2D eigenvalue weighted by atomic mass is 19.4. The molecular weight excluding hydrogens is 377 g/mol. The van der Waals surface area contributed by atoms with Gasteiger partial charge in [0.2, 0.25) is 0 Å². The Kier molecular flexibility index (Phi) is 7.42. The molecule has 28 heavy (non-hydrogen) atoms. The fourth-order valence-corrected chi connectivity index (χ4v) is 3.24. The number of nitrogens with one attached hydrogen (secondary N) is 1. The molecule has 0 heterocycles. The molecule has 1 aromatic rings. The summed E-state index contributed by atoms with van der Waals surface area (Å²) in [7, 11) is 1.54. The van der Waals surface area contributed by atoms with E-state index in [1.54, 1.807) is 0 Å². The molecule has 2 rings (SSSR count). The Labute approximate surface area is 161 Å². The molecule has 9 heteroatoms. The van der Waals surface area contributed by atoms with Crippen molar-refractivity contribution < 1.29 is 33.0 Å². The Balaban J connectivity index is 1.87. The van der Waals surface area contributed by atoms with Gasteiger partial charge in [-0.15, -0.1) is 0 Å². The average molecular weight is 402 g/mol. The first-order valence-corrected chi connectivity index (χ1v) is 9.18. The Morgan fingerprint density at radius 1 is 1.11 bits per heavy atom. The Bertz CT molecular complexity index is 673. The van der Waals surface area contributed by atoms with E-state index in [1.165, 1.54) is 24.1 Å². The minimum Gasteiger partial charge on any atom is -0.380 e. The third-order valence-corrected chi connectivity index (χ3v) is 5.04. The van der Waals surface area contributed by atoms with Gasteiger partial charge in [0.15, 0.2) is 12.2 Å². The normalized spacial score (nSPS) is 17.6. The van der Waals surface area contributed by atoms with Gasteiger partial charge in [0, 0.05) is 19.6 Å². The average Bonchev–Trinajstić information content (AvgIpc) is 2.70. The van der Waals surface area contributed by atoms with Crippen LogP contribution in [0.4, 0.5) is 13.2 Å². The highest BCUT2D eigenvalue weighted by Gasteiger charge is 2.35. The van der Waals surface area contributed by atoms with Crippen molar-refractivity contribution in [2.24, 2.45) is 0 Å². The molecule has 0 radical (unpaired) electrons. The van der Waals surface area contributed by atoms with Crippen LogP contribution < -0.4 is 5.32 Å². The summed E-state index contributed by atoms with van der Waals surface area (Å²) in [4.78, 5) is 25.7. The van der Waals surface area contributed by atoms with Crippen LogP contribution in [0, 0.1) is 0 Å². The lowest BCUT2D eigenvalue weighted by Crippen LogP contribution is -2.52. The van der Waals surface area contributed by atoms with Crippen molar-refractivity contribution in [3.8, 4) is 0 Å². The van der Waals surface area contributed by atoms with Crippen LogP contribution in [0.3, 0.4) is 0 Å². The molecule has 1 unspecified atom stereocenters. The summed E-state index contributed by atoms with van der Waals surface area (Å²) in [6.07, 6.45) is -3.64. The summed E-state index contributed by atoms with van der Waals surface area (Å²) in [6, 6.07) is 4.14. The van der Waals surface area contributed by atoms with Gasteiger partial charge in [0.1, 0.15) is 0 Å². The minimum atomic E-state index is -4.45. The number of hydrogen-bond acceptors (Lipinski definition) is 4. The van der Waals surface area contributed by atoms with E-state index in [2.05, 4.69) is 5.32 Å². The highest BCUT2D eigenvalue weighted by molar-refractivity contribution is 5.90. The van der Waals surface area contributed by atoms with Crippen LogP contribution in [-0.2, 0) is 22.3 Å². The molecule has 0 bridgehead atoms. The Morgan fingerprint density at radius 2 is 1.68 bits per heavy atom. The van der Waals surface area contributed by atoms with Crippen LogP contribution >= 0.6 is 0 Å². The van der Waals surface area contributed by atoms with E-state index in [0.717, 1.165) is 44.2 Å². The molecule has 1 aliphatic rings. The second kappa shape index (κ2) is 9.38. The third kappa shape index (κ3) is 5.68. The summed E-state index contributed by atoms with van der Waals surface area (Å²) in [5.41, 5.74) is -0.428. The van der Waals surface area contributed by atoms with E-state index < -0.39 is 35.8 Å². The van der Waals surface area contributed by atoms with E-state index in [-0.39, 0.29) is 12.6 Å². The number of halogens is 3. The lowest BCUT2D eigenvalue weighted by molar-refractivity contribution is -0.154. The van der Waals surface area contributed by atoms with Gasteiger partial charge in [-0.25, -0.2) is 0 Å². The van der Waals surface area contributed by atoms with Gasteiger partial charge in [-0.05, 0) is 30.5 Å². The number of aliphatic hydroxyl groups excluding tert-OH is 2. The highest BCUT2D eigenvalue weighted by Crippen LogP contribution is 2.29. The van der Waals surface area contributed by atoms with Crippen molar-refractivity contribution in [3.63, 3.8) is 0 Å². The van der Waals surface area contributed by atoms with Gasteiger partial charge in [-0.1, -0.05) is 31.4 Å². The number of amides is 2. The molecule has 2 amide bonds. The van der Waals surface area contributed by atoms with Gasteiger partial charge in [0.25, 0.3) is 11.8 Å². The van der Waals surface area contributed by atoms with Gasteiger partial charge >= 0.3 is 6.18 Å². The molecule has 0 spiro atoms. The van der Waals surface area contributed by atoms with E-state index >= 15 is 0 Å². The lowest BCUT2D eigenvalue weighted by Gasteiger charge is -2.33. The molecule has 0 saturated heterocycles. The smallest absolute Gasteiger partial charge is 0.380 e. The maximum atomic E-state index is 12.5. The standard InChI is InChI=1S/C19H25F3N2O4/c1-24(14-5-3-2-4-6-14)18(28)16(26)15(25)17(27)23-11-12-7-9-13(10-8-12)19(20,21)22/h7-10,14-16,25-26H,2-6,11H2,1H3,(H,23,27)/t15?,16-/m1/s1. The molecule has 0 aliphatic heterocycles. The first-order valence-electron chi connectivity index (χ1n) is 9.18. The minimum absolute atomic E-state index is 0.0293. The van der Waals surface area contributed by atoms with E-state index in [9.17, 15) is 33.0 Å². The lowest BCUT2D eigenvalue weighted by atomic mass is 9.94. The fourth-order valence-electron chi connectivity index (χ4n) is 3.24. The monoisotopic (exact) mass is 402 g/mol. The molecule has 1 aromatic carbocycles. The molecule has 1 saturated carbocycles. The van der Waals surface area contributed by atoms with Crippen molar-refractivity contribution in [2.75, 3.05) is 7.05 Å². The van der Waals surface area contributed by atoms with Crippen molar-refractivity contribution in [3.05, 3.63) is 35.4 Å². The first kappa shape index (κ1) is 22.2. The zero-order valence-corrected chi connectivity index (χ0v) is 15.6. The quantitative estimate of drug-likeness (QED) is 0.677. The van der Waals surface area contributed by atoms with Gasteiger partial charge in [-0.3, -0.25) is 9.59 Å². The first-order chi connectivity index (χ1) is 13.1. The Hall–Kier alpha value is -2.13. The zero-order chi connectivity index (χ0) is 20.9. The molecule has 6 nitrogen and oxygen atoms in total. The predicted octanol–water partition coefficient (Wildman–Crippen LogP) is 1.83. The SMILES string of the molecule is CN(C(=O)[C@H](O)C(O)C(=O)NCc1ccc(C(F)(F)F)cc1)C1CCCCC1. The number of carbonyl (C=O) groups is 2. The van der Waals surface area contributed by atoms with E-state index in [0.29, 0.717) is 5.56 Å². The van der Waals surface area contributed by atoms with Crippen molar-refractivity contribution in [1.29, 1.82) is 0 Å². The van der Waals surface area contributed by atoms with E-state index in [4.69, 9.17) is 0 Å². The predicted molar refractivity (Wildman–Crippen MR) is 94.9 cm³/mol. The maximum Gasteiger partial charge on any atom is 0.416 e. The summed E-state index contributed by atoms with van der Waals surface area (Å²) < 4.78 is 37.6. The maximum absolute atomic E-state index is 12.5. The molecule has 156 valence electrons. The van der Waals surface area contributed by atoms with Gasteiger partial charge in [0.05, 0.1) is 5.56 Å². The molecular formula is C19H25F3N2O4. The largest absolute Gasteiger partial charge is 0.416 e. The summed E-state index contributed by atoms with van der Waals surface area (Å²) in [5, 5.41) is 22.3. The fraction of sp³-hybridized carbons (Fsp3) is 0.579. The van der Waals surface area contributed by atoms with Gasteiger partial charge in [-0.2, -0.15) is 13.2 Å². The molecule has 1 aliphatic carbocycles. The molecule has 2 atom stereocenters. The summed E-state index contributed by atoms with van der Waals surface area (Å²) >= 11 is 0. The Morgan fingerprint density at radius 3 is 2.21 bits per heavy atom. The molecule has 1 fully saturated rings. The van der Waals surface area contributed by atoms with Crippen LogP contribution in [0.1, 0.15) is 43.2 Å². The summed E-state index contributed by atoms with van der Waals surface area (Å²) in [6.45, 7) is -0.145. The number of alkyl halides is 3. The number of aliphatic hydroxyl groups is 2. The van der Waals surface area contributed by atoms with Crippen molar-refractivity contribution >= 4 is 11.8 Å². The van der Waals surface area contributed by atoms with Gasteiger partial charge < -0.3 is 20.4 Å². The van der Waals surface area contributed by atoms with Crippen molar-refractivity contribution in [1.82, 2.24) is 10.2 Å². The molecule has 3 N–H and O–H groups in total. The van der Waals surface area contributed by atoms with Crippen LogP contribution in [0.5, 0.6) is 0 Å². The second-order valence-electron chi connectivity index (χ2n) is 7.04. The number of nitrogens with zero attached hydrogens (tertiary/aromatic N) is 1. The third-order valence-electron chi connectivity index (χ3n) is 5.04. The van der Waals surface area contributed by atoms with Crippen LogP contribution in [0.25, 0.3) is 0 Å². The van der Waals surface area contributed by atoms with Crippen LogP contribution in [0.2, 0.25) is 0 Å². The van der Waals surface area contributed by atoms with Crippen LogP contribution in [-0.4, -0.2) is 52.2 Å².